The zero-order chi connectivity index (χ0) is 24.2. The zero-order valence-electron chi connectivity index (χ0n) is 19.3. The number of hydrogen-bond acceptors (Lipinski definition) is 5. The quantitative estimate of drug-likeness (QED) is 0.388. The summed E-state index contributed by atoms with van der Waals surface area (Å²) < 4.78 is 33.9. The Morgan fingerprint density at radius 2 is 1.82 bits per heavy atom. The standard InChI is InChI=1S/C26H28N2O4S/c1-6-15-28(20(4)17-26(29)32-5)24-13-12-23(21-9-7-8-10-22(21)24)27-33(30,31)25-14-11-18(2)16-19(25)3/h1,7-14,16,20,27H,15,17H2,2-5H3/t20-/m0/s1. The van der Waals surface area contributed by atoms with Crippen LogP contribution in [0.4, 0.5) is 11.4 Å². The van der Waals surface area contributed by atoms with Crippen LogP contribution in [-0.2, 0) is 19.6 Å². The lowest BCUT2D eigenvalue weighted by Gasteiger charge is -2.30. The largest absolute Gasteiger partial charge is 0.469 e. The first-order valence-corrected chi connectivity index (χ1v) is 12.0. The highest BCUT2D eigenvalue weighted by atomic mass is 32.2. The number of sulfonamides is 1. The predicted molar refractivity (Wildman–Crippen MR) is 133 cm³/mol. The van der Waals surface area contributed by atoms with Crippen LogP contribution < -0.4 is 9.62 Å². The molecule has 0 saturated heterocycles. The molecule has 0 bridgehead atoms. The fourth-order valence-corrected chi connectivity index (χ4v) is 5.24. The molecule has 172 valence electrons. The molecule has 0 heterocycles. The van der Waals surface area contributed by atoms with Gasteiger partial charge in [-0.15, -0.1) is 6.42 Å². The molecule has 0 fully saturated rings. The maximum atomic E-state index is 13.2. The van der Waals surface area contributed by atoms with Crippen LogP contribution in [0.25, 0.3) is 10.8 Å². The summed E-state index contributed by atoms with van der Waals surface area (Å²) in [6.07, 6.45) is 5.79. The minimum absolute atomic E-state index is 0.174. The van der Waals surface area contributed by atoms with Crippen LogP contribution in [0, 0.1) is 26.2 Å². The normalized spacial score (nSPS) is 12.1. The van der Waals surface area contributed by atoms with E-state index in [1.165, 1.54) is 7.11 Å². The topological polar surface area (TPSA) is 75.7 Å². The number of nitrogens with zero attached hydrogens (tertiary/aromatic N) is 1. The predicted octanol–water partition coefficient (Wildman–Crippen LogP) is 4.65. The lowest BCUT2D eigenvalue weighted by Crippen LogP contribution is -2.35. The van der Waals surface area contributed by atoms with Gasteiger partial charge < -0.3 is 9.64 Å². The van der Waals surface area contributed by atoms with Crippen LogP contribution in [0.5, 0.6) is 0 Å². The van der Waals surface area contributed by atoms with Gasteiger partial charge in [0.1, 0.15) is 0 Å². The van der Waals surface area contributed by atoms with Crippen molar-refractivity contribution in [2.24, 2.45) is 0 Å². The van der Waals surface area contributed by atoms with Crippen LogP contribution in [0.2, 0.25) is 0 Å². The number of esters is 1. The summed E-state index contributed by atoms with van der Waals surface area (Å²) in [4.78, 5) is 14.0. The molecule has 0 saturated carbocycles. The van der Waals surface area contributed by atoms with Crippen LogP contribution in [0.3, 0.4) is 0 Å². The molecule has 6 nitrogen and oxygen atoms in total. The van der Waals surface area contributed by atoms with Crippen LogP contribution in [-0.4, -0.2) is 34.1 Å². The fraction of sp³-hybridized carbons (Fsp3) is 0.269. The van der Waals surface area contributed by atoms with E-state index in [4.69, 9.17) is 11.2 Å². The molecule has 3 aromatic carbocycles. The molecule has 0 amide bonds. The number of anilines is 2. The summed E-state index contributed by atoms with van der Waals surface area (Å²) in [5, 5.41) is 1.56. The molecule has 3 aromatic rings. The Balaban J connectivity index is 2.06. The van der Waals surface area contributed by atoms with E-state index in [2.05, 4.69) is 10.6 Å². The monoisotopic (exact) mass is 464 g/mol. The number of benzene rings is 3. The highest BCUT2D eigenvalue weighted by Gasteiger charge is 2.22. The number of nitrogens with one attached hydrogen (secondary N) is 1. The van der Waals surface area contributed by atoms with E-state index in [9.17, 15) is 13.2 Å². The van der Waals surface area contributed by atoms with Gasteiger partial charge in [-0.05, 0) is 44.5 Å². The third kappa shape index (κ3) is 5.29. The van der Waals surface area contributed by atoms with Gasteiger partial charge in [-0.3, -0.25) is 9.52 Å². The van der Waals surface area contributed by atoms with E-state index in [-0.39, 0.29) is 29.9 Å². The first-order valence-electron chi connectivity index (χ1n) is 10.6. The summed E-state index contributed by atoms with van der Waals surface area (Å²) in [5.41, 5.74) is 2.96. The second kappa shape index (κ2) is 9.97. The van der Waals surface area contributed by atoms with E-state index in [0.717, 1.165) is 22.0 Å². The first kappa shape index (κ1) is 24.1. The first-order chi connectivity index (χ1) is 15.7. The number of fused-ring (bicyclic) bond motifs is 1. The van der Waals surface area contributed by atoms with Crippen LogP contribution >= 0.6 is 0 Å². The number of hydrogen-bond donors (Lipinski definition) is 1. The van der Waals surface area contributed by atoms with E-state index in [1.54, 1.807) is 25.1 Å². The molecule has 0 radical (unpaired) electrons. The lowest BCUT2D eigenvalue weighted by atomic mass is 10.0. The number of aryl methyl sites for hydroxylation is 2. The Hall–Kier alpha value is -3.50. The molecule has 0 unspecified atom stereocenters. The highest BCUT2D eigenvalue weighted by Crippen LogP contribution is 2.35. The lowest BCUT2D eigenvalue weighted by molar-refractivity contribution is -0.140. The van der Waals surface area contributed by atoms with Crippen molar-refractivity contribution in [2.45, 2.75) is 38.1 Å². The molecule has 7 heteroatoms. The Kier molecular flexibility index (Phi) is 7.29. The van der Waals surface area contributed by atoms with Gasteiger partial charge in [-0.1, -0.05) is 47.9 Å². The molecule has 33 heavy (non-hydrogen) atoms. The van der Waals surface area contributed by atoms with E-state index in [1.807, 2.05) is 55.1 Å². The van der Waals surface area contributed by atoms with Gasteiger partial charge in [-0.25, -0.2) is 8.42 Å². The molecule has 0 aliphatic heterocycles. The van der Waals surface area contributed by atoms with E-state index < -0.39 is 10.0 Å². The van der Waals surface area contributed by atoms with Gasteiger partial charge in [0.2, 0.25) is 0 Å². The summed E-state index contributed by atoms with van der Waals surface area (Å²) in [7, 11) is -2.43. The Labute approximate surface area is 195 Å². The molecule has 0 aliphatic rings. The molecule has 0 aromatic heterocycles. The molecular weight excluding hydrogens is 436 g/mol. The van der Waals surface area contributed by atoms with Gasteiger partial charge in [0.05, 0.1) is 30.7 Å². The molecule has 0 spiro atoms. The van der Waals surface area contributed by atoms with Crippen molar-refractivity contribution < 1.29 is 17.9 Å². The van der Waals surface area contributed by atoms with Crippen molar-refractivity contribution >= 4 is 38.1 Å². The SMILES string of the molecule is C#CCN(c1ccc(NS(=O)(=O)c2ccc(C)cc2C)c2ccccc12)[C@@H](C)CC(=O)OC. The second-order valence-electron chi connectivity index (χ2n) is 8.01. The number of terminal acetylenes is 1. The Morgan fingerprint density at radius 3 is 2.45 bits per heavy atom. The van der Waals surface area contributed by atoms with Crippen LogP contribution in [0.15, 0.2) is 59.5 Å². The summed E-state index contributed by atoms with van der Waals surface area (Å²) >= 11 is 0. The maximum absolute atomic E-state index is 13.2. The van der Waals surface area contributed by atoms with Gasteiger partial charge in [0, 0.05) is 22.5 Å². The highest BCUT2D eigenvalue weighted by molar-refractivity contribution is 7.92. The Morgan fingerprint density at radius 1 is 1.12 bits per heavy atom. The van der Waals surface area contributed by atoms with E-state index >= 15 is 0 Å². The molecule has 3 rings (SSSR count). The third-order valence-electron chi connectivity index (χ3n) is 5.56. The molecule has 1 atom stereocenters. The maximum Gasteiger partial charge on any atom is 0.307 e. The third-order valence-corrected chi connectivity index (χ3v) is 7.08. The van der Waals surface area contributed by atoms with Crippen LogP contribution in [0.1, 0.15) is 24.5 Å². The fourth-order valence-electron chi connectivity index (χ4n) is 3.93. The summed E-state index contributed by atoms with van der Waals surface area (Å²) in [6.45, 7) is 5.89. The number of carbonyl (C=O) groups excluding carboxylic acids is 1. The average Bonchev–Trinajstić information content (AvgIpc) is 2.77. The zero-order valence-corrected chi connectivity index (χ0v) is 20.1. The summed E-state index contributed by atoms with van der Waals surface area (Å²) in [6, 6.07) is 16.1. The molecule has 1 N–H and O–H groups in total. The smallest absolute Gasteiger partial charge is 0.307 e. The van der Waals surface area contributed by atoms with Crippen molar-refractivity contribution in [2.75, 3.05) is 23.3 Å². The van der Waals surface area contributed by atoms with Gasteiger partial charge >= 0.3 is 5.97 Å². The van der Waals surface area contributed by atoms with Gasteiger partial charge in [0.15, 0.2) is 0 Å². The van der Waals surface area contributed by atoms with Gasteiger partial charge in [0.25, 0.3) is 10.0 Å². The number of ether oxygens (including phenoxy) is 1. The minimum Gasteiger partial charge on any atom is -0.469 e. The molecular formula is C26H28N2O4S. The second-order valence-corrected chi connectivity index (χ2v) is 9.66. The van der Waals surface area contributed by atoms with Crippen molar-refractivity contribution in [3.05, 3.63) is 65.7 Å². The number of carbonyl (C=O) groups is 1. The van der Waals surface area contributed by atoms with Crippen molar-refractivity contribution in [1.82, 2.24) is 0 Å². The minimum atomic E-state index is -3.79. The van der Waals surface area contributed by atoms with E-state index in [0.29, 0.717) is 11.3 Å². The number of rotatable bonds is 8. The van der Waals surface area contributed by atoms with Gasteiger partial charge in [-0.2, -0.15) is 0 Å². The summed E-state index contributed by atoms with van der Waals surface area (Å²) in [5.74, 6) is 2.32. The number of methoxy groups -OCH3 is 1. The Bertz CT molecular complexity index is 1330. The van der Waals surface area contributed by atoms with Crippen molar-refractivity contribution in [3.63, 3.8) is 0 Å². The van der Waals surface area contributed by atoms with Crippen molar-refractivity contribution in [3.8, 4) is 12.3 Å². The average molecular weight is 465 g/mol. The molecule has 0 aliphatic carbocycles. The van der Waals surface area contributed by atoms with Crippen molar-refractivity contribution in [1.29, 1.82) is 0 Å².